The molecule has 0 aromatic heterocycles. The summed E-state index contributed by atoms with van der Waals surface area (Å²) in [4.78, 5) is 23.5. The number of carbonyl (C=O) groups is 2. The van der Waals surface area contributed by atoms with Crippen LogP contribution in [0.5, 0.6) is 0 Å². The first kappa shape index (κ1) is 20.1. The van der Waals surface area contributed by atoms with Crippen LogP contribution in [0.2, 0.25) is 0 Å². The van der Waals surface area contributed by atoms with E-state index in [1.54, 1.807) is 12.1 Å². The van der Waals surface area contributed by atoms with Gasteiger partial charge in [-0.15, -0.1) is 0 Å². The number of methoxy groups -OCH3 is 1. The van der Waals surface area contributed by atoms with Gasteiger partial charge in [-0.2, -0.15) is 0 Å². The fraction of sp³-hybridized carbons (Fsp3) is 0.300. The van der Waals surface area contributed by atoms with Crippen LogP contribution in [0.1, 0.15) is 40.9 Å². The molecule has 1 amide bonds. The molecule has 5 nitrogen and oxygen atoms in total. The lowest BCUT2D eigenvalue weighted by atomic mass is 10.0. The minimum atomic E-state index is -0.367. The lowest BCUT2D eigenvalue weighted by Gasteiger charge is -2.14. The van der Waals surface area contributed by atoms with Crippen LogP contribution in [-0.2, 0) is 16.1 Å². The third-order valence-corrected chi connectivity index (χ3v) is 4.72. The van der Waals surface area contributed by atoms with Crippen LogP contribution < -0.4 is 10.6 Å². The van der Waals surface area contributed by atoms with Gasteiger partial charge in [-0.05, 0) is 29.8 Å². The maximum atomic E-state index is 12.1. The number of halogens is 1. The van der Waals surface area contributed by atoms with E-state index in [1.807, 2.05) is 24.3 Å². The van der Waals surface area contributed by atoms with E-state index in [0.29, 0.717) is 18.7 Å². The van der Waals surface area contributed by atoms with Crippen molar-refractivity contribution in [3.05, 3.63) is 69.7 Å². The van der Waals surface area contributed by atoms with Crippen molar-refractivity contribution in [1.29, 1.82) is 0 Å². The number of rotatable bonds is 8. The van der Waals surface area contributed by atoms with Crippen LogP contribution in [0.4, 0.5) is 0 Å². The second kappa shape index (κ2) is 10.1. The average molecular weight is 420 g/mol. The van der Waals surface area contributed by atoms with Crippen LogP contribution in [-0.4, -0.2) is 25.5 Å². The molecule has 2 aromatic rings. The SMILES string of the molecule is CC[C@@H]([NH2+]CC(=O)NCc1ccc(C(=O)OC)cc1)c1ccc(Br)cc1. The van der Waals surface area contributed by atoms with Crippen LogP contribution >= 0.6 is 15.9 Å². The van der Waals surface area contributed by atoms with Gasteiger partial charge in [0.2, 0.25) is 0 Å². The van der Waals surface area contributed by atoms with Crippen LogP contribution in [0, 0.1) is 0 Å². The Morgan fingerprint density at radius 3 is 2.35 bits per heavy atom. The Morgan fingerprint density at radius 2 is 1.77 bits per heavy atom. The fourth-order valence-electron chi connectivity index (χ4n) is 2.65. The zero-order valence-corrected chi connectivity index (χ0v) is 16.6. The summed E-state index contributed by atoms with van der Waals surface area (Å²) in [6, 6.07) is 15.5. The molecule has 138 valence electrons. The first-order chi connectivity index (χ1) is 12.5. The number of hydrogen-bond donors (Lipinski definition) is 2. The van der Waals surface area contributed by atoms with Gasteiger partial charge in [0.05, 0.1) is 12.7 Å². The summed E-state index contributed by atoms with van der Waals surface area (Å²) < 4.78 is 5.72. The number of nitrogens with one attached hydrogen (secondary N) is 1. The molecule has 0 unspecified atom stereocenters. The molecule has 0 heterocycles. The predicted molar refractivity (Wildman–Crippen MR) is 104 cm³/mol. The molecule has 2 rings (SSSR count). The maximum absolute atomic E-state index is 12.1. The number of nitrogens with two attached hydrogens (primary N) is 1. The zero-order valence-electron chi connectivity index (χ0n) is 15.0. The largest absolute Gasteiger partial charge is 0.465 e. The van der Waals surface area contributed by atoms with Gasteiger partial charge in [0.15, 0.2) is 6.54 Å². The molecule has 0 fully saturated rings. The monoisotopic (exact) mass is 419 g/mol. The first-order valence-corrected chi connectivity index (χ1v) is 9.35. The number of hydrogen-bond acceptors (Lipinski definition) is 3. The van der Waals surface area contributed by atoms with Gasteiger partial charge in [0.1, 0.15) is 6.04 Å². The van der Waals surface area contributed by atoms with Gasteiger partial charge >= 0.3 is 5.97 Å². The van der Waals surface area contributed by atoms with Crippen molar-refractivity contribution in [2.45, 2.75) is 25.9 Å². The van der Waals surface area contributed by atoms with Crippen molar-refractivity contribution in [1.82, 2.24) is 5.32 Å². The van der Waals surface area contributed by atoms with E-state index in [9.17, 15) is 9.59 Å². The fourth-order valence-corrected chi connectivity index (χ4v) is 2.91. The summed E-state index contributed by atoms with van der Waals surface area (Å²) in [7, 11) is 1.35. The molecule has 0 saturated heterocycles. The normalized spacial score (nSPS) is 11.7. The Hall–Kier alpha value is -2.18. The molecular weight excluding hydrogens is 396 g/mol. The minimum Gasteiger partial charge on any atom is -0.465 e. The molecule has 0 radical (unpaired) electrons. The molecule has 0 aliphatic heterocycles. The van der Waals surface area contributed by atoms with Gasteiger partial charge in [-0.3, -0.25) is 4.79 Å². The van der Waals surface area contributed by atoms with Gasteiger partial charge < -0.3 is 15.4 Å². The van der Waals surface area contributed by atoms with Gasteiger partial charge in [0.25, 0.3) is 5.91 Å². The average Bonchev–Trinajstić information content (AvgIpc) is 2.68. The number of amides is 1. The van der Waals surface area contributed by atoms with E-state index in [1.165, 1.54) is 12.7 Å². The van der Waals surface area contributed by atoms with E-state index in [2.05, 4.69) is 50.4 Å². The smallest absolute Gasteiger partial charge is 0.337 e. The molecule has 0 spiro atoms. The molecule has 0 aliphatic rings. The highest BCUT2D eigenvalue weighted by molar-refractivity contribution is 9.10. The Labute approximate surface area is 162 Å². The maximum Gasteiger partial charge on any atom is 0.337 e. The van der Waals surface area contributed by atoms with Crippen molar-refractivity contribution in [2.24, 2.45) is 0 Å². The van der Waals surface area contributed by atoms with Crippen molar-refractivity contribution < 1.29 is 19.6 Å². The van der Waals surface area contributed by atoms with Crippen molar-refractivity contribution in [2.75, 3.05) is 13.7 Å². The van der Waals surface area contributed by atoms with Crippen LogP contribution in [0.15, 0.2) is 53.0 Å². The minimum absolute atomic E-state index is 0.0161. The van der Waals surface area contributed by atoms with Gasteiger partial charge in [-0.1, -0.05) is 47.1 Å². The topological polar surface area (TPSA) is 72.0 Å². The molecule has 6 heteroatoms. The Morgan fingerprint density at radius 1 is 1.12 bits per heavy atom. The lowest BCUT2D eigenvalue weighted by Crippen LogP contribution is -2.87. The molecular formula is C20H24BrN2O3+. The Balaban J connectivity index is 1.80. The number of esters is 1. The second-order valence-electron chi connectivity index (χ2n) is 5.97. The highest BCUT2D eigenvalue weighted by Crippen LogP contribution is 2.16. The second-order valence-corrected chi connectivity index (χ2v) is 6.89. The Bertz CT molecular complexity index is 730. The number of benzene rings is 2. The van der Waals surface area contributed by atoms with Crippen molar-refractivity contribution >= 4 is 27.8 Å². The van der Waals surface area contributed by atoms with E-state index in [0.717, 1.165) is 16.5 Å². The highest BCUT2D eigenvalue weighted by atomic mass is 79.9. The van der Waals surface area contributed by atoms with Crippen LogP contribution in [0.25, 0.3) is 0 Å². The predicted octanol–water partition coefficient (Wildman–Crippen LogP) is 2.57. The van der Waals surface area contributed by atoms with Crippen molar-refractivity contribution in [3.63, 3.8) is 0 Å². The molecule has 1 atom stereocenters. The molecule has 2 aromatic carbocycles. The van der Waals surface area contributed by atoms with E-state index in [-0.39, 0.29) is 17.9 Å². The van der Waals surface area contributed by atoms with E-state index in [4.69, 9.17) is 0 Å². The summed E-state index contributed by atoms with van der Waals surface area (Å²) >= 11 is 3.44. The zero-order chi connectivity index (χ0) is 18.9. The lowest BCUT2D eigenvalue weighted by molar-refractivity contribution is -0.686. The first-order valence-electron chi connectivity index (χ1n) is 8.56. The van der Waals surface area contributed by atoms with E-state index < -0.39 is 0 Å². The summed E-state index contributed by atoms with van der Waals surface area (Å²) in [6.45, 7) is 2.92. The summed E-state index contributed by atoms with van der Waals surface area (Å²) in [5, 5.41) is 4.96. The number of carbonyl (C=O) groups excluding carboxylic acids is 2. The van der Waals surface area contributed by atoms with Gasteiger partial charge in [-0.25, -0.2) is 4.79 Å². The standard InChI is InChI=1S/C20H23BrN2O3/c1-3-18(15-8-10-17(21)11-9-15)22-13-19(24)23-12-14-4-6-16(7-5-14)20(25)26-2/h4-11,18,22H,3,12-13H2,1-2H3,(H,23,24)/p+1/t18-/m1/s1. The third kappa shape index (κ3) is 5.97. The third-order valence-electron chi connectivity index (χ3n) is 4.19. The number of quaternary nitrogens is 1. The van der Waals surface area contributed by atoms with Crippen molar-refractivity contribution in [3.8, 4) is 0 Å². The van der Waals surface area contributed by atoms with Crippen LogP contribution in [0.3, 0.4) is 0 Å². The molecule has 0 saturated carbocycles. The number of ether oxygens (including phenoxy) is 1. The summed E-state index contributed by atoms with van der Waals surface area (Å²) in [5.74, 6) is -0.383. The van der Waals surface area contributed by atoms with Gasteiger partial charge in [0, 0.05) is 23.0 Å². The van der Waals surface area contributed by atoms with E-state index >= 15 is 0 Å². The summed E-state index contributed by atoms with van der Waals surface area (Å²) in [6.07, 6.45) is 0.948. The quantitative estimate of drug-likeness (QED) is 0.645. The molecule has 26 heavy (non-hydrogen) atoms. The summed E-state index contributed by atoms with van der Waals surface area (Å²) in [5.41, 5.74) is 2.64. The highest BCUT2D eigenvalue weighted by Gasteiger charge is 2.14. The molecule has 0 bridgehead atoms. The molecule has 0 aliphatic carbocycles. The molecule has 3 N–H and O–H groups in total. The Kier molecular flexibility index (Phi) is 7.81.